The smallest absolute Gasteiger partial charge is 0.247 e. The van der Waals surface area contributed by atoms with Gasteiger partial charge >= 0.3 is 0 Å². The van der Waals surface area contributed by atoms with E-state index in [9.17, 15) is 19.1 Å². The van der Waals surface area contributed by atoms with E-state index in [1.165, 1.54) is 17.0 Å². The molecule has 2 atom stereocenters. The molecule has 2 aromatic rings. The standard InChI is InChI=1S/C17H17BrFN3O4/c1-9-4-12(26-21-9)7-16(24)22-8-11(23)6-15(22)17(25)20-14-3-2-10(18)5-13(14)19/h2-5,11,15,23H,6-8H2,1H3,(H,20,25). The molecule has 7 nitrogen and oxygen atoms in total. The molecule has 3 rings (SSSR count). The van der Waals surface area contributed by atoms with Crippen molar-refractivity contribution in [2.45, 2.75) is 31.9 Å². The summed E-state index contributed by atoms with van der Waals surface area (Å²) in [5, 5.41) is 16.1. The Morgan fingerprint density at radius 1 is 1.46 bits per heavy atom. The van der Waals surface area contributed by atoms with Crippen LogP contribution in [0.15, 0.2) is 33.3 Å². The van der Waals surface area contributed by atoms with Gasteiger partial charge in [0.25, 0.3) is 0 Å². The molecule has 1 aromatic heterocycles. The molecule has 2 unspecified atom stereocenters. The summed E-state index contributed by atoms with van der Waals surface area (Å²) in [6, 6.07) is 5.00. The normalized spacial score (nSPS) is 19.6. The van der Waals surface area contributed by atoms with Crippen LogP contribution in [0.2, 0.25) is 0 Å². The minimum atomic E-state index is -0.885. The molecular weight excluding hydrogens is 409 g/mol. The Morgan fingerprint density at radius 3 is 2.88 bits per heavy atom. The van der Waals surface area contributed by atoms with Gasteiger partial charge in [0.05, 0.1) is 23.9 Å². The fourth-order valence-corrected chi connectivity index (χ4v) is 3.23. The van der Waals surface area contributed by atoms with Gasteiger partial charge in [-0.3, -0.25) is 9.59 Å². The van der Waals surface area contributed by atoms with Crippen molar-refractivity contribution in [1.29, 1.82) is 0 Å². The molecule has 26 heavy (non-hydrogen) atoms. The molecule has 0 saturated carbocycles. The van der Waals surface area contributed by atoms with Crippen LogP contribution in [0.3, 0.4) is 0 Å². The van der Waals surface area contributed by atoms with Crippen molar-refractivity contribution in [1.82, 2.24) is 10.1 Å². The summed E-state index contributed by atoms with van der Waals surface area (Å²) in [5.41, 5.74) is 0.659. The summed E-state index contributed by atoms with van der Waals surface area (Å²) < 4.78 is 19.5. The van der Waals surface area contributed by atoms with Gasteiger partial charge in [-0.05, 0) is 25.1 Å². The van der Waals surface area contributed by atoms with E-state index in [0.29, 0.717) is 15.9 Å². The number of hydrogen-bond acceptors (Lipinski definition) is 5. The van der Waals surface area contributed by atoms with Crippen molar-refractivity contribution in [3.8, 4) is 0 Å². The minimum absolute atomic E-state index is 0.0119. The van der Waals surface area contributed by atoms with Gasteiger partial charge < -0.3 is 19.8 Å². The van der Waals surface area contributed by atoms with E-state index in [-0.39, 0.29) is 31.0 Å². The monoisotopic (exact) mass is 425 g/mol. The summed E-state index contributed by atoms with van der Waals surface area (Å²) in [6.45, 7) is 1.77. The van der Waals surface area contributed by atoms with E-state index in [0.717, 1.165) is 0 Å². The van der Waals surface area contributed by atoms with Crippen molar-refractivity contribution >= 4 is 33.4 Å². The highest BCUT2D eigenvalue weighted by molar-refractivity contribution is 9.10. The number of benzene rings is 1. The lowest BCUT2D eigenvalue weighted by Crippen LogP contribution is -2.44. The molecule has 1 aromatic carbocycles. The molecule has 1 aliphatic heterocycles. The number of rotatable bonds is 4. The van der Waals surface area contributed by atoms with E-state index < -0.39 is 23.9 Å². The predicted octanol–water partition coefficient (Wildman–Crippen LogP) is 2.03. The molecule has 2 N–H and O–H groups in total. The zero-order valence-electron chi connectivity index (χ0n) is 13.9. The number of aromatic nitrogens is 1. The van der Waals surface area contributed by atoms with Gasteiger partial charge in [-0.1, -0.05) is 21.1 Å². The molecule has 138 valence electrons. The maximum Gasteiger partial charge on any atom is 0.247 e. The third-order valence-corrected chi connectivity index (χ3v) is 4.59. The average Bonchev–Trinajstić information content (AvgIpc) is 3.15. The number of hydrogen-bond donors (Lipinski definition) is 2. The number of halogens is 2. The Hall–Kier alpha value is -2.26. The maximum absolute atomic E-state index is 13.9. The second-order valence-corrected chi connectivity index (χ2v) is 7.09. The Morgan fingerprint density at radius 2 is 2.23 bits per heavy atom. The minimum Gasteiger partial charge on any atom is -0.391 e. The highest BCUT2D eigenvalue weighted by atomic mass is 79.9. The number of aliphatic hydroxyl groups is 1. The Labute approximate surface area is 157 Å². The number of carbonyl (C=O) groups is 2. The van der Waals surface area contributed by atoms with Crippen molar-refractivity contribution < 1.29 is 23.6 Å². The lowest BCUT2D eigenvalue weighted by Gasteiger charge is -2.23. The first-order chi connectivity index (χ1) is 12.3. The number of carbonyl (C=O) groups excluding carboxylic acids is 2. The molecule has 0 bridgehead atoms. The highest BCUT2D eigenvalue weighted by Crippen LogP contribution is 2.24. The van der Waals surface area contributed by atoms with E-state index in [1.54, 1.807) is 19.1 Å². The van der Waals surface area contributed by atoms with Crippen LogP contribution in [-0.2, 0) is 16.0 Å². The second kappa shape index (κ2) is 7.55. The first-order valence-electron chi connectivity index (χ1n) is 7.99. The van der Waals surface area contributed by atoms with E-state index in [2.05, 4.69) is 26.4 Å². The molecular formula is C17H17BrFN3O4. The molecule has 0 aliphatic carbocycles. The van der Waals surface area contributed by atoms with Crippen molar-refractivity contribution in [2.24, 2.45) is 0 Å². The topological polar surface area (TPSA) is 95.7 Å². The van der Waals surface area contributed by atoms with Crippen LogP contribution in [0.1, 0.15) is 17.9 Å². The molecule has 2 heterocycles. The highest BCUT2D eigenvalue weighted by Gasteiger charge is 2.39. The fourth-order valence-electron chi connectivity index (χ4n) is 2.90. The molecule has 1 fully saturated rings. The molecule has 0 spiro atoms. The van der Waals surface area contributed by atoms with Gasteiger partial charge in [0, 0.05) is 23.5 Å². The molecule has 1 saturated heterocycles. The van der Waals surface area contributed by atoms with Gasteiger partial charge in [0.2, 0.25) is 11.8 Å². The zero-order valence-corrected chi connectivity index (χ0v) is 15.5. The zero-order chi connectivity index (χ0) is 18.8. The van der Waals surface area contributed by atoms with Crippen LogP contribution in [0.4, 0.5) is 10.1 Å². The van der Waals surface area contributed by atoms with Crippen LogP contribution >= 0.6 is 15.9 Å². The average molecular weight is 426 g/mol. The maximum atomic E-state index is 13.9. The van der Waals surface area contributed by atoms with Gasteiger partial charge in [-0.2, -0.15) is 0 Å². The number of β-amino-alcohol motifs (C(OH)–C–C–N with tert-alkyl or cyclic N) is 1. The number of amides is 2. The van der Waals surface area contributed by atoms with E-state index in [1.807, 2.05) is 0 Å². The molecule has 2 amide bonds. The Bertz CT molecular complexity index is 841. The molecule has 0 radical (unpaired) electrons. The van der Waals surface area contributed by atoms with Gasteiger partial charge in [0.1, 0.15) is 17.6 Å². The van der Waals surface area contributed by atoms with Crippen LogP contribution in [0.25, 0.3) is 0 Å². The van der Waals surface area contributed by atoms with E-state index >= 15 is 0 Å². The number of anilines is 1. The Kier molecular flexibility index (Phi) is 5.38. The third kappa shape index (κ3) is 4.10. The summed E-state index contributed by atoms with van der Waals surface area (Å²) in [4.78, 5) is 26.3. The summed E-state index contributed by atoms with van der Waals surface area (Å²) in [5.74, 6) is -1.13. The molecule has 1 aliphatic rings. The summed E-state index contributed by atoms with van der Waals surface area (Å²) in [6.07, 6.45) is -0.796. The Balaban J connectivity index is 1.71. The largest absolute Gasteiger partial charge is 0.391 e. The van der Waals surface area contributed by atoms with Crippen molar-refractivity contribution in [3.05, 3.63) is 46.0 Å². The van der Waals surface area contributed by atoms with Crippen molar-refractivity contribution in [2.75, 3.05) is 11.9 Å². The SMILES string of the molecule is Cc1cc(CC(=O)N2CC(O)CC2C(=O)Nc2ccc(Br)cc2F)on1. The van der Waals surface area contributed by atoms with E-state index in [4.69, 9.17) is 4.52 Å². The van der Waals surface area contributed by atoms with Crippen LogP contribution < -0.4 is 5.32 Å². The van der Waals surface area contributed by atoms with Gasteiger partial charge in [0.15, 0.2) is 0 Å². The van der Waals surface area contributed by atoms with Crippen LogP contribution in [0, 0.1) is 12.7 Å². The fraction of sp³-hybridized carbons (Fsp3) is 0.353. The summed E-state index contributed by atoms with van der Waals surface area (Å²) in [7, 11) is 0. The third-order valence-electron chi connectivity index (χ3n) is 4.09. The number of aliphatic hydroxyl groups excluding tert-OH is 1. The predicted molar refractivity (Wildman–Crippen MR) is 93.8 cm³/mol. The quantitative estimate of drug-likeness (QED) is 0.780. The lowest BCUT2D eigenvalue weighted by atomic mass is 10.1. The van der Waals surface area contributed by atoms with Crippen LogP contribution in [-0.4, -0.2) is 45.7 Å². The first kappa shape index (κ1) is 18.5. The number of aryl methyl sites for hydroxylation is 1. The lowest BCUT2D eigenvalue weighted by molar-refractivity contribution is -0.136. The van der Waals surface area contributed by atoms with Gasteiger partial charge in [-0.15, -0.1) is 0 Å². The second-order valence-electron chi connectivity index (χ2n) is 6.18. The number of likely N-dealkylation sites (tertiary alicyclic amines) is 1. The first-order valence-corrected chi connectivity index (χ1v) is 8.78. The molecule has 9 heteroatoms. The number of nitrogens with one attached hydrogen (secondary N) is 1. The van der Waals surface area contributed by atoms with Crippen molar-refractivity contribution in [3.63, 3.8) is 0 Å². The number of nitrogens with zero attached hydrogens (tertiary/aromatic N) is 2. The van der Waals surface area contributed by atoms with Gasteiger partial charge in [-0.25, -0.2) is 4.39 Å². The van der Waals surface area contributed by atoms with Crippen LogP contribution in [0.5, 0.6) is 0 Å². The summed E-state index contributed by atoms with van der Waals surface area (Å²) >= 11 is 3.15.